The fraction of sp³-hybridized carbons (Fsp3) is 0.500. The summed E-state index contributed by atoms with van der Waals surface area (Å²) < 4.78 is 46.8. The summed E-state index contributed by atoms with van der Waals surface area (Å²) in [6, 6.07) is 1.50. The third-order valence-electron chi connectivity index (χ3n) is 4.25. The quantitative estimate of drug-likeness (QED) is 0.623. The first-order valence-corrected chi connectivity index (χ1v) is 7.88. The van der Waals surface area contributed by atoms with Crippen LogP contribution < -0.4 is 0 Å². The van der Waals surface area contributed by atoms with Gasteiger partial charge in [-0.15, -0.1) is 11.8 Å². The van der Waals surface area contributed by atoms with Crippen LogP contribution in [0.2, 0.25) is 0 Å². The highest BCUT2D eigenvalue weighted by Crippen LogP contribution is 2.49. The van der Waals surface area contributed by atoms with Crippen molar-refractivity contribution in [3.63, 3.8) is 0 Å². The predicted octanol–water partition coefficient (Wildman–Crippen LogP) is 3.22. The number of halogens is 3. The Balaban J connectivity index is 2.22. The molecule has 9 heteroatoms. The first-order chi connectivity index (χ1) is 10.9. The molecule has 2 aliphatic heterocycles. The molecule has 1 fully saturated rings. The summed E-state index contributed by atoms with van der Waals surface area (Å²) in [5.74, 6) is -2.62. The molecule has 3 atom stereocenters. The van der Waals surface area contributed by atoms with Gasteiger partial charge >= 0.3 is 0 Å². The van der Waals surface area contributed by atoms with Crippen molar-refractivity contribution in [1.82, 2.24) is 0 Å². The van der Waals surface area contributed by atoms with Crippen molar-refractivity contribution in [3.05, 3.63) is 39.4 Å². The van der Waals surface area contributed by atoms with Gasteiger partial charge in [-0.25, -0.2) is 13.2 Å². The van der Waals surface area contributed by atoms with E-state index in [0.29, 0.717) is 16.9 Å². The Hall–Kier alpha value is -1.61. The number of nitro benzene ring substituents is 1. The molecule has 0 N–H and O–H groups in total. The number of rotatable bonds is 3. The largest absolute Gasteiger partial charge is 0.372 e. The molecule has 3 rings (SSSR count). The van der Waals surface area contributed by atoms with Crippen LogP contribution in [0, 0.1) is 27.7 Å². The van der Waals surface area contributed by atoms with E-state index >= 15 is 0 Å². The van der Waals surface area contributed by atoms with Gasteiger partial charge in [-0.3, -0.25) is 15.1 Å². The highest BCUT2D eigenvalue weighted by molar-refractivity contribution is 8.13. The van der Waals surface area contributed by atoms with Gasteiger partial charge in [-0.05, 0) is 6.92 Å². The molecule has 2 heterocycles. The average molecular weight is 346 g/mol. The lowest BCUT2D eigenvalue weighted by molar-refractivity contribution is -0.385. The van der Waals surface area contributed by atoms with Gasteiger partial charge in [0.25, 0.3) is 5.69 Å². The molecule has 1 saturated heterocycles. The second-order valence-corrected chi connectivity index (χ2v) is 6.74. The zero-order chi connectivity index (χ0) is 16.8. The lowest BCUT2D eigenvalue weighted by Gasteiger charge is -2.35. The molecule has 23 heavy (non-hydrogen) atoms. The van der Waals surface area contributed by atoms with Gasteiger partial charge in [-0.1, -0.05) is 0 Å². The minimum absolute atomic E-state index is 0.137. The molecular weight excluding hydrogens is 333 g/mol. The van der Waals surface area contributed by atoms with Crippen LogP contribution in [0.3, 0.4) is 0 Å². The van der Waals surface area contributed by atoms with E-state index in [1.165, 1.54) is 11.8 Å². The van der Waals surface area contributed by atoms with E-state index in [0.717, 1.165) is 6.07 Å². The molecule has 1 aromatic carbocycles. The number of fused-ring (bicyclic) bond motifs is 1. The van der Waals surface area contributed by atoms with E-state index in [9.17, 15) is 23.3 Å². The lowest BCUT2D eigenvalue weighted by atomic mass is 9.78. The summed E-state index contributed by atoms with van der Waals surface area (Å²) in [5, 5.41) is 11.6. The van der Waals surface area contributed by atoms with Crippen molar-refractivity contribution in [1.29, 1.82) is 0 Å². The predicted molar refractivity (Wildman–Crippen MR) is 79.5 cm³/mol. The van der Waals surface area contributed by atoms with Gasteiger partial charge in [-0.2, -0.15) is 0 Å². The molecule has 0 bridgehead atoms. The molecule has 0 aromatic heterocycles. The van der Waals surface area contributed by atoms with E-state index in [2.05, 4.69) is 4.99 Å². The van der Waals surface area contributed by atoms with Gasteiger partial charge in [0.15, 0.2) is 11.6 Å². The number of nitrogens with zero attached hydrogens (tertiary/aromatic N) is 2. The van der Waals surface area contributed by atoms with Crippen LogP contribution >= 0.6 is 11.8 Å². The van der Waals surface area contributed by atoms with Crippen molar-refractivity contribution in [3.8, 4) is 0 Å². The number of hydrogen-bond donors (Lipinski definition) is 0. The Morgan fingerprint density at radius 1 is 1.52 bits per heavy atom. The Kier molecular flexibility index (Phi) is 4.09. The molecule has 0 radical (unpaired) electrons. The molecule has 0 aliphatic carbocycles. The highest BCUT2D eigenvalue weighted by Gasteiger charge is 2.54. The maximum atomic E-state index is 14.4. The molecule has 0 spiro atoms. The number of hydrogen-bond acceptors (Lipinski definition) is 5. The molecule has 0 unspecified atom stereocenters. The fourth-order valence-corrected chi connectivity index (χ4v) is 4.27. The molecule has 2 aliphatic rings. The molecule has 1 aromatic rings. The molecule has 124 valence electrons. The molecule has 0 saturated carbocycles. The van der Waals surface area contributed by atoms with Crippen molar-refractivity contribution < 1.29 is 22.8 Å². The Bertz CT molecular complexity index is 700. The van der Waals surface area contributed by atoms with E-state index in [4.69, 9.17) is 4.74 Å². The zero-order valence-electron chi connectivity index (χ0n) is 12.1. The van der Waals surface area contributed by atoms with Gasteiger partial charge in [0.1, 0.15) is 12.2 Å². The topological polar surface area (TPSA) is 64.7 Å². The zero-order valence-corrected chi connectivity index (χ0v) is 12.9. The van der Waals surface area contributed by atoms with E-state index in [1.807, 2.05) is 0 Å². The fourth-order valence-electron chi connectivity index (χ4n) is 3.13. The maximum Gasteiger partial charge on any atom is 0.272 e. The smallest absolute Gasteiger partial charge is 0.272 e. The van der Waals surface area contributed by atoms with Gasteiger partial charge in [0.2, 0.25) is 0 Å². The second-order valence-electron chi connectivity index (χ2n) is 5.52. The number of nitro groups is 1. The molecule has 0 amide bonds. The minimum atomic E-state index is -1.33. The van der Waals surface area contributed by atoms with Gasteiger partial charge < -0.3 is 4.74 Å². The third-order valence-corrected chi connectivity index (χ3v) is 5.29. The Morgan fingerprint density at radius 3 is 2.91 bits per heavy atom. The van der Waals surface area contributed by atoms with Crippen LogP contribution in [0.15, 0.2) is 17.1 Å². The second kappa shape index (κ2) is 5.79. The van der Waals surface area contributed by atoms with E-state index in [1.54, 1.807) is 6.92 Å². The van der Waals surface area contributed by atoms with Crippen LogP contribution in [0.1, 0.15) is 12.5 Å². The summed E-state index contributed by atoms with van der Waals surface area (Å²) >= 11 is 1.38. The van der Waals surface area contributed by atoms with Crippen LogP contribution in [-0.2, 0) is 10.3 Å². The summed E-state index contributed by atoms with van der Waals surface area (Å²) in [5.41, 5.74) is -2.14. The van der Waals surface area contributed by atoms with Crippen LogP contribution in [-0.4, -0.2) is 35.1 Å². The van der Waals surface area contributed by atoms with Crippen molar-refractivity contribution in [2.24, 2.45) is 10.9 Å². The normalized spacial score (nSPS) is 30.0. The Morgan fingerprint density at radius 2 is 2.26 bits per heavy atom. The molecule has 5 nitrogen and oxygen atoms in total. The number of non-ortho nitro benzene ring substituents is 1. The highest BCUT2D eigenvalue weighted by atomic mass is 32.2. The van der Waals surface area contributed by atoms with Gasteiger partial charge in [0, 0.05) is 23.3 Å². The van der Waals surface area contributed by atoms with E-state index in [-0.39, 0.29) is 12.2 Å². The lowest BCUT2D eigenvalue weighted by Crippen LogP contribution is -2.41. The number of benzene rings is 1. The number of thioether (sulfide) groups is 1. The number of aliphatic imine (C=N–C) groups is 1. The summed E-state index contributed by atoms with van der Waals surface area (Å²) in [7, 11) is 0. The average Bonchev–Trinajstić information content (AvgIpc) is 2.88. The maximum absolute atomic E-state index is 14.4. The summed E-state index contributed by atoms with van der Waals surface area (Å²) in [4.78, 5) is 14.6. The van der Waals surface area contributed by atoms with Crippen molar-refractivity contribution in [2.75, 3.05) is 19.0 Å². The third kappa shape index (κ3) is 2.51. The van der Waals surface area contributed by atoms with Crippen molar-refractivity contribution in [2.45, 2.75) is 18.6 Å². The van der Waals surface area contributed by atoms with Crippen molar-refractivity contribution >= 4 is 22.5 Å². The van der Waals surface area contributed by atoms with Crippen LogP contribution in [0.5, 0.6) is 0 Å². The SMILES string of the molecule is CC1=N[C@@]2(c3cc([N+](=O)[O-])cc(F)c3F)CO[C@H](CF)[C@H]2CS1. The monoisotopic (exact) mass is 346 g/mol. The summed E-state index contributed by atoms with van der Waals surface area (Å²) in [6.07, 6.45) is -0.791. The first-order valence-electron chi connectivity index (χ1n) is 6.90. The number of ether oxygens (including phenoxy) is 1. The van der Waals surface area contributed by atoms with Gasteiger partial charge in [0.05, 0.1) is 28.7 Å². The Labute approximate surface area is 134 Å². The van der Waals surface area contributed by atoms with Crippen LogP contribution in [0.25, 0.3) is 0 Å². The summed E-state index contributed by atoms with van der Waals surface area (Å²) in [6.45, 7) is 0.791. The minimum Gasteiger partial charge on any atom is -0.372 e. The molecular formula is C14H13F3N2O3S. The number of alkyl halides is 1. The first kappa shape index (κ1) is 16.3. The standard InChI is InChI=1S/C14H13F3N2O3S/c1-7-18-14(6-22-12(4-15)10(14)5-23-7)9-2-8(19(20)21)3-11(16)13(9)17/h2-3,10,12H,4-6H2,1H3/t10-,12-,14-/m1/s1. The van der Waals surface area contributed by atoms with Crippen LogP contribution in [0.4, 0.5) is 18.9 Å². The van der Waals surface area contributed by atoms with E-state index < -0.39 is 46.5 Å².